The maximum absolute atomic E-state index is 12.6. The molecule has 0 atom stereocenters. The fourth-order valence-corrected chi connectivity index (χ4v) is 3.82. The topological polar surface area (TPSA) is 88.3 Å². The van der Waals surface area contributed by atoms with Gasteiger partial charge in [0.25, 0.3) is 5.56 Å². The normalized spacial score (nSPS) is 10.8. The van der Waals surface area contributed by atoms with Crippen molar-refractivity contribution in [3.8, 4) is 5.95 Å². The number of fused-ring (bicyclic) bond motifs is 1. The molecule has 41 heavy (non-hydrogen) atoms. The number of ketones is 1. The number of aromatic nitrogens is 5. The van der Waals surface area contributed by atoms with Crippen LogP contribution in [-0.2, 0) is 6.18 Å². The lowest BCUT2D eigenvalue weighted by molar-refractivity contribution is -0.137. The first-order valence-corrected chi connectivity index (χ1v) is 13.6. The van der Waals surface area contributed by atoms with Crippen LogP contribution in [0.4, 0.5) is 18.9 Å². The quantitative estimate of drug-likeness (QED) is 0.181. The monoisotopic (exact) mass is 572 g/mol. The smallest absolute Gasteiger partial charge is 0.368 e. The van der Waals surface area contributed by atoms with Gasteiger partial charge >= 0.3 is 6.18 Å². The van der Waals surface area contributed by atoms with Crippen molar-refractivity contribution in [1.82, 2.24) is 24.4 Å². The number of carbonyl (C=O) groups is 1. The first-order chi connectivity index (χ1) is 19.4. The molecule has 4 aromatic rings. The fourth-order valence-electron chi connectivity index (χ4n) is 3.82. The Hall–Kier alpha value is -4.15. The van der Waals surface area contributed by atoms with Crippen molar-refractivity contribution in [3.05, 3.63) is 87.6 Å². The number of H-pyrrole nitrogens is 1. The first kappa shape index (κ1) is 33.1. The molecule has 0 bridgehead atoms. The number of halogens is 3. The summed E-state index contributed by atoms with van der Waals surface area (Å²) in [4.78, 5) is 28.0. The van der Waals surface area contributed by atoms with Gasteiger partial charge in [0.05, 0.1) is 23.0 Å². The Morgan fingerprint density at radius 3 is 2.29 bits per heavy atom. The number of nitrogens with zero attached hydrogens (tertiary/aromatic N) is 5. The highest BCUT2D eigenvalue weighted by atomic mass is 19.4. The number of Topliss-reactive ketones (excluding diaryl/α,β-unsaturated/α-hetero) is 1. The van der Waals surface area contributed by atoms with E-state index in [1.807, 2.05) is 27.7 Å². The minimum absolute atomic E-state index is 0.0758. The molecule has 0 spiro atoms. The molecular formula is C30H39F3N6O2. The zero-order valence-electron chi connectivity index (χ0n) is 24.7. The summed E-state index contributed by atoms with van der Waals surface area (Å²) in [6, 6.07) is 8.81. The van der Waals surface area contributed by atoms with Gasteiger partial charge in [-0.3, -0.25) is 14.6 Å². The summed E-state index contributed by atoms with van der Waals surface area (Å²) in [6.45, 7) is 14.9. The van der Waals surface area contributed by atoms with Crippen molar-refractivity contribution < 1.29 is 18.0 Å². The Labute approximate surface area is 238 Å². The number of nitrogens with one attached hydrogen (secondary N) is 1. The number of rotatable bonds is 8. The van der Waals surface area contributed by atoms with E-state index in [1.165, 1.54) is 27.9 Å². The molecule has 11 heteroatoms. The molecule has 1 aromatic carbocycles. The Morgan fingerprint density at radius 1 is 1.10 bits per heavy atom. The fraction of sp³-hybridized carbons (Fsp3) is 0.400. The molecule has 3 aromatic heterocycles. The summed E-state index contributed by atoms with van der Waals surface area (Å²) < 4.78 is 40.6. The number of aromatic amines is 1. The summed E-state index contributed by atoms with van der Waals surface area (Å²) in [5.41, 5.74) is 2.80. The largest absolute Gasteiger partial charge is 0.416 e. The highest BCUT2D eigenvalue weighted by Gasteiger charge is 2.30. The molecule has 0 unspecified atom stereocenters. The van der Waals surface area contributed by atoms with E-state index in [0.717, 1.165) is 43.8 Å². The maximum Gasteiger partial charge on any atom is 0.416 e. The van der Waals surface area contributed by atoms with E-state index < -0.39 is 11.7 Å². The first-order valence-electron chi connectivity index (χ1n) is 13.6. The van der Waals surface area contributed by atoms with Crippen molar-refractivity contribution in [2.75, 3.05) is 18.0 Å². The number of unbranched alkanes of at least 4 members (excludes halogenated alkanes) is 1. The molecule has 4 rings (SSSR count). The number of anilines is 1. The Balaban J connectivity index is 0.000000271. The van der Waals surface area contributed by atoms with Crippen molar-refractivity contribution in [2.45, 2.75) is 67.5 Å². The summed E-state index contributed by atoms with van der Waals surface area (Å²) in [6.07, 6.45) is 3.06. The third-order valence-corrected chi connectivity index (χ3v) is 6.04. The molecule has 0 radical (unpaired) electrons. The second kappa shape index (κ2) is 15.0. The molecule has 0 amide bonds. The Kier molecular flexibility index (Phi) is 12.1. The van der Waals surface area contributed by atoms with Crippen LogP contribution in [0.3, 0.4) is 0 Å². The number of allylic oxidation sites excluding steroid dienone is 1. The molecule has 1 N–H and O–H groups in total. The van der Waals surface area contributed by atoms with E-state index >= 15 is 0 Å². The number of hydrogen-bond donors (Lipinski definition) is 1. The van der Waals surface area contributed by atoms with Crippen molar-refractivity contribution >= 4 is 17.0 Å². The van der Waals surface area contributed by atoms with Crippen LogP contribution >= 0.6 is 0 Å². The molecule has 222 valence electrons. The Bertz CT molecular complexity index is 1490. The van der Waals surface area contributed by atoms with E-state index in [4.69, 9.17) is 0 Å². The number of alkyl halides is 3. The van der Waals surface area contributed by atoms with Crippen molar-refractivity contribution in [3.63, 3.8) is 0 Å². The van der Waals surface area contributed by atoms with E-state index in [9.17, 15) is 22.8 Å². The van der Waals surface area contributed by atoms with Gasteiger partial charge in [0.15, 0.2) is 5.78 Å². The van der Waals surface area contributed by atoms with Crippen LogP contribution in [0.2, 0.25) is 0 Å². The van der Waals surface area contributed by atoms with E-state index in [0.29, 0.717) is 16.8 Å². The third kappa shape index (κ3) is 8.92. The highest BCUT2D eigenvalue weighted by Crippen LogP contribution is 2.30. The molecule has 0 aliphatic rings. The van der Waals surface area contributed by atoms with Gasteiger partial charge in [-0.2, -0.15) is 18.3 Å². The predicted octanol–water partition coefficient (Wildman–Crippen LogP) is 7.02. The van der Waals surface area contributed by atoms with Crippen molar-refractivity contribution in [2.24, 2.45) is 0 Å². The lowest BCUT2D eigenvalue weighted by Gasteiger charge is -2.24. The van der Waals surface area contributed by atoms with Crippen LogP contribution < -0.4 is 10.5 Å². The van der Waals surface area contributed by atoms with Gasteiger partial charge in [-0.05, 0) is 70.5 Å². The predicted molar refractivity (Wildman–Crippen MR) is 157 cm³/mol. The van der Waals surface area contributed by atoms with Crippen LogP contribution in [-0.4, -0.2) is 43.3 Å². The SMILES string of the molecule is CC.CC(=O)c1cnn(-c2nn3cccc3c(=O)[nH]2)c1C.CCCCN(CC=C(C)C)c1ccc(C(F)(F)F)cc1. The molecule has 0 saturated carbocycles. The summed E-state index contributed by atoms with van der Waals surface area (Å²) in [5, 5.41) is 8.34. The van der Waals surface area contributed by atoms with Gasteiger partial charge in [0.1, 0.15) is 5.52 Å². The molecule has 0 aliphatic carbocycles. The minimum atomic E-state index is -4.27. The zero-order valence-corrected chi connectivity index (χ0v) is 24.7. The molecule has 0 fully saturated rings. The summed E-state index contributed by atoms with van der Waals surface area (Å²) in [7, 11) is 0. The second-order valence-electron chi connectivity index (χ2n) is 9.35. The van der Waals surface area contributed by atoms with Crippen LogP contribution in [0, 0.1) is 6.92 Å². The van der Waals surface area contributed by atoms with Gasteiger partial charge in [0, 0.05) is 25.0 Å². The zero-order chi connectivity index (χ0) is 30.7. The molecule has 0 aliphatic heterocycles. The van der Waals surface area contributed by atoms with E-state index in [-0.39, 0.29) is 17.3 Å². The van der Waals surface area contributed by atoms with Crippen LogP contribution in [0.25, 0.3) is 11.5 Å². The van der Waals surface area contributed by atoms with Gasteiger partial charge in [-0.1, -0.05) is 38.8 Å². The third-order valence-electron chi connectivity index (χ3n) is 6.04. The molecule has 8 nitrogen and oxygen atoms in total. The van der Waals surface area contributed by atoms with E-state index in [2.05, 4.69) is 33.1 Å². The van der Waals surface area contributed by atoms with Crippen molar-refractivity contribution in [1.29, 1.82) is 0 Å². The standard InChI is InChI=1S/C16H22F3N.C12H11N5O2.C2H6/c1-4-5-11-20(12-10-13(2)3)15-8-6-14(7-9-15)16(17,18)19;1-7-9(8(2)18)6-13-17(7)12-14-11(19)10-4-3-5-16(10)15-12;1-2/h6-10H,4-5,11-12H2,1-3H3;3-6H,1-2H3,(H,14,15,19);1-2H3. The lowest BCUT2D eigenvalue weighted by atomic mass is 10.1. The van der Waals surface area contributed by atoms with Crippen LogP contribution in [0.1, 0.15) is 76.0 Å². The van der Waals surface area contributed by atoms with Gasteiger partial charge in [0.2, 0.25) is 5.95 Å². The van der Waals surface area contributed by atoms with E-state index in [1.54, 1.807) is 37.4 Å². The summed E-state index contributed by atoms with van der Waals surface area (Å²) >= 11 is 0. The average molecular weight is 573 g/mol. The maximum atomic E-state index is 12.6. The average Bonchev–Trinajstić information content (AvgIpc) is 3.57. The number of hydrogen-bond acceptors (Lipinski definition) is 5. The highest BCUT2D eigenvalue weighted by molar-refractivity contribution is 5.94. The number of benzene rings is 1. The van der Waals surface area contributed by atoms with Gasteiger partial charge in [-0.25, -0.2) is 9.20 Å². The molecule has 3 heterocycles. The lowest BCUT2D eigenvalue weighted by Crippen LogP contribution is -2.24. The second-order valence-corrected chi connectivity index (χ2v) is 9.35. The van der Waals surface area contributed by atoms with Gasteiger partial charge in [-0.15, -0.1) is 5.10 Å². The summed E-state index contributed by atoms with van der Waals surface area (Å²) in [5.74, 6) is 0.201. The molecular weight excluding hydrogens is 533 g/mol. The molecule has 0 saturated heterocycles. The van der Waals surface area contributed by atoms with Crippen LogP contribution in [0.5, 0.6) is 0 Å². The minimum Gasteiger partial charge on any atom is -0.368 e. The van der Waals surface area contributed by atoms with Crippen LogP contribution in [0.15, 0.2) is 65.2 Å². The van der Waals surface area contributed by atoms with Gasteiger partial charge < -0.3 is 4.90 Å². The number of carbonyl (C=O) groups excluding carboxylic acids is 1. The Morgan fingerprint density at radius 2 is 1.76 bits per heavy atom.